The number of benzene rings is 1. The summed E-state index contributed by atoms with van der Waals surface area (Å²) in [5.41, 5.74) is 8.17. The summed E-state index contributed by atoms with van der Waals surface area (Å²) in [5, 5.41) is 0. The third-order valence-electron chi connectivity index (χ3n) is 2.26. The van der Waals surface area contributed by atoms with Gasteiger partial charge < -0.3 is 10.5 Å². The van der Waals surface area contributed by atoms with Gasteiger partial charge in [-0.1, -0.05) is 6.07 Å². The van der Waals surface area contributed by atoms with Crippen LogP contribution in [-0.4, -0.2) is 12.1 Å². The highest BCUT2D eigenvalue weighted by Crippen LogP contribution is 2.17. The second-order valence-electron chi connectivity index (χ2n) is 4.01. The Balaban J connectivity index is 2.76. The molecular weight excluding hydrogens is 174 g/mol. The summed E-state index contributed by atoms with van der Waals surface area (Å²) in [6.45, 7) is 8.07. The molecule has 2 nitrogen and oxygen atoms in total. The minimum absolute atomic E-state index is 0.0517. The number of nitrogens with two attached hydrogens (primary N) is 1. The number of ether oxygens (including phenoxy) is 1. The van der Waals surface area contributed by atoms with Crippen molar-refractivity contribution in [2.75, 3.05) is 0 Å². The molecular formula is C12H19NO. The van der Waals surface area contributed by atoms with E-state index < -0.39 is 0 Å². The lowest BCUT2D eigenvalue weighted by Gasteiger charge is -2.18. The van der Waals surface area contributed by atoms with Crippen LogP contribution in [0.25, 0.3) is 0 Å². The van der Waals surface area contributed by atoms with E-state index in [2.05, 4.69) is 19.9 Å². The van der Waals surface area contributed by atoms with Crippen molar-refractivity contribution in [1.29, 1.82) is 0 Å². The second kappa shape index (κ2) is 4.47. The molecule has 0 saturated carbocycles. The Morgan fingerprint density at radius 3 is 2.00 bits per heavy atom. The first-order valence-corrected chi connectivity index (χ1v) is 4.99. The van der Waals surface area contributed by atoms with Crippen molar-refractivity contribution in [2.24, 2.45) is 5.73 Å². The van der Waals surface area contributed by atoms with Gasteiger partial charge in [-0.25, -0.2) is 0 Å². The molecule has 1 rings (SSSR count). The van der Waals surface area contributed by atoms with Crippen LogP contribution in [0, 0.1) is 13.8 Å². The molecule has 0 aliphatic heterocycles. The lowest BCUT2D eigenvalue weighted by atomic mass is 10.1. The molecule has 0 aliphatic carbocycles. The molecule has 0 aliphatic rings. The van der Waals surface area contributed by atoms with Crippen molar-refractivity contribution in [3.63, 3.8) is 0 Å². The topological polar surface area (TPSA) is 35.2 Å². The zero-order valence-electron chi connectivity index (χ0n) is 9.37. The minimum atomic E-state index is 0.0517. The quantitative estimate of drug-likeness (QED) is 0.800. The second-order valence-corrected chi connectivity index (χ2v) is 4.01. The Hall–Kier alpha value is -1.02. The van der Waals surface area contributed by atoms with Gasteiger partial charge in [-0.05, 0) is 51.0 Å². The maximum atomic E-state index is 5.73. The summed E-state index contributed by atoms with van der Waals surface area (Å²) in [6, 6.07) is 6.25. The average molecular weight is 193 g/mol. The molecule has 0 saturated heterocycles. The highest BCUT2D eigenvalue weighted by molar-refractivity contribution is 5.33. The minimum Gasteiger partial charge on any atom is -0.489 e. The predicted molar refractivity (Wildman–Crippen MR) is 59.7 cm³/mol. The van der Waals surface area contributed by atoms with Crippen LogP contribution in [-0.2, 0) is 0 Å². The third-order valence-corrected chi connectivity index (χ3v) is 2.26. The van der Waals surface area contributed by atoms with E-state index in [4.69, 9.17) is 10.5 Å². The molecule has 2 atom stereocenters. The fraction of sp³-hybridized carbons (Fsp3) is 0.500. The zero-order chi connectivity index (χ0) is 10.7. The van der Waals surface area contributed by atoms with Gasteiger partial charge in [-0.2, -0.15) is 0 Å². The van der Waals surface area contributed by atoms with Crippen LogP contribution in [0.2, 0.25) is 0 Å². The first-order valence-electron chi connectivity index (χ1n) is 4.99. The Kier molecular flexibility index (Phi) is 3.53. The standard InChI is InChI=1S/C12H19NO/c1-8-5-9(2)7-12(6-8)14-11(4)10(3)13/h5-7,10-11H,13H2,1-4H3. The van der Waals surface area contributed by atoms with Crippen LogP contribution in [0.1, 0.15) is 25.0 Å². The summed E-state index contributed by atoms with van der Waals surface area (Å²) in [4.78, 5) is 0. The molecule has 0 spiro atoms. The van der Waals surface area contributed by atoms with E-state index in [0.29, 0.717) is 0 Å². The number of hydrogen-bond acceptors (Lipinski definition) is 2. The Morgan fingerprint density at radius 1 is 1.07 bits per heavy atom. The van der Waals surface area contributed by atoms with Gasteiger partial charge in [0.2, 0.25) is 0 Å². The van der Waals surface area contributed by atoms with Crippen molar-refractivity contribution >= 4 is 0 Å². The number of rotatable bonds is 3. The van der Waals surface area contributed by atoms with Crippen molar-refractivity contribution in [1.82, 2.24) is 0 Å². The van der Waals surface area contributed by atoms with Gasteiger partial charge in [-0.15, -0.1) is 0 Å². The average Bonchev–Trinajstić information content (AvgIpc) is 2.01. The van der Waals surface area contributed by atoms with E-state index in [1.54, 1.807) is 0 Å². The van der Waals surface area contributed by atoms with Gasteiger partial charge in [0.25, 0.3) is 0 Å². The van der Waals surface area contributed by atoms with Crippen molar-refractivity contribution in [3.05, 3.63) is 29.3 Å². The van der Waals surface area contributed by atoms with Crippen LogP contribution in [0.4, 0.5) is 0 Å². The maximum absolute atomic E-state index is 5.73. The maximum Gasteiger partial charge on any atom is 0.120 e. The largest absolute Gasteiger partial charge is 0.489 e. The van der Waals surface area contributed by atoms with Crippen molar-refractivity contribution < 1.29 is 4.74 Å². The monoisotopic (exact) mass is 193 g/mol. The molecule has 78 valence electrons. The van der Waals surface area contributed by atoms with Gasteiger partial charge in [0.05, 0.1) is 0 Å². The normalized spacial score (nSPS) is 14.9. The van der Waals surface area contributed by atoms with E-state index in [1.165, 1.54) is 11.1 Å². The molecule has 1 aromatic rings. The molecule has 2 unspecified atom stereocenters. The third kappa shape index (κ3) is 3.04. The molecule has 0 heterocycles. The van der Waals surface area contributed by atoms with E-state index >= 15 is 0 Å². The van der Waals surface area contributed by atoms with E-state index in [1.807, 2.05) is 26.0 Å². The SMILES string of the molecule is Cc1cc(C)cc(OC(C)C(C)N)c1. The highest BCUT2D eigenvalue weighted by atomic mass is 16.5. The molecule has 14 heavy (non-hydrogen) atoms. The van der Waals surface area contributed by atoms with Crippen molar-refractivity contribution in [3.8, 4) is 5.75 Å². The summed E-state index contributed by atoms with van der Waals surface area (Å²) in [7, 11) is 0. The predicted octanol–water partition coefficient (Wildman–Crippen LogP) is 2.42. The summed E-state index contributed by atoms with van der Waals surface area (Å²) < 4.78 is 5.71. The number of hydrogen-bond donors (Lipinski definition) is 1. The molecule has 2 heteroatoms. The lowest BCUT2D eigenvalue weighted by Crippen LogP contribution is -2.33. The van der Waals surface area contributed by atoms with Crippen LogP contribution in [0.5, 0.6) is 5.75 Å². The van der Waals surface area contributed by atoms with Gasteiger partial charge >= 0.3 is 0 Å². The van der Waals surface area contributed by atoms with Gasteiger partial charge in [0, 0.05) is 6.04 Å². The summed E-state index contributed by atoms with van der Waals surface area (Å²) in [5.74, 6) is 0.910. The Labute approximate surface area is 86.1 Å². The molecule has 1 aromatic carbocycles. The summed E-state index contributed by atoms with van der Waals surface area (Å²) >= 11 is 0. The van der Waals surface area contributed by atoms with Crippen molar-refractivity contribution in [2.45, 2.75) is 39.8 Å². The van der Waals surface area contributed by atoms with Gasteiger partial charge in [0.1, 0.15) is 11.9 Å². The first-order chi connectivity index (χ1) is 6.49. The van der Waals surface area contributed by atoms with Crippen LogP contribution >= 0.6 is 0 Å². The molecule has 0 amide bonds. The number of aryl methyl sites for hydroxylation is 2. The fourth-order valence-corrected chi connectivity index (χ4v) is 1.32. The van der Waals surface area contributed by atoms with E-state index in [9.17, 15) is 0 Å². The molecule has 2 N–H and O–H groups in total. The first kappa shape index (κ1) is 11.1. The smallest absolute Gasteiger partial charge is 0.120 e. The Bertz CT molecular complexity index is 287. The van der Waals surface area contributed by atoms with Crippen LogP contribution < -0.4 is 10.5 Å². The van der Waals surface area contributed by atoms with Crippen LogP contribution in [0.3, 0.4) is 0 Å². The fourth-order valence-electron chi connectivity index (χ4n) is 1.32. The molecule has 0 fully saturated rings. The summed E-state index contributed by atoms with van der Waals surface area (Å²) in [6.07, 6.45) is 0.0520. The molecule has 0 aromatic heterocycles. The zero-order valence-corrected chi connectivity index (χ0v) is 9.37. The van der Waals surface area contributed by atoms with Gasteiger partial charge in [0.15, 0.2) is 0 Å². The highest BCUT2D eigenvalue weighted by Gasteiger charge is 2.09. The lowest BCUT2D eigenvalue weighted by molar-refractivity contribution is 0.196. The van der Waals surface area contributed by atoms with Gasteiger partial charge in [-0.3, -0.25) is 0 Å². The molecule has 0 bridgehead atoms. The van der Waals surface area contributed by atoms with E-state index in [-0.39, 0.29) is 12.1 Å². The van der Waals surface area contributed by atoms with E-state index in [0.717, 1.165) is 5.75 Å². The van der Waals surface area contributed by atoms with Crippen LogP contribution in [0.15, 0.2) is 18.2 Å². The Morgan fingerprint density at radius 2 is 1.57 bits per heavy atom. The molecule has 0 radical (unpaired) electrons.